The maximum atomic E-state index is 11.3. The van der Waals surface area contributed by atoms with Crippen molar-refractivity contribution in [1.82, 2.24) is 9.55 Å². The predicted octanol–water partition coefficient (Wildman–Crippen LogP) is -0.0362. The average Bonchev–Trinajstić information content (AvgIpc) is 2.20. The summed E-state index contributed by atoms with van der Waals surface area (Å²) in [6.45, 7) is 2.12. The summed E-state index contributed by atoms with van der Waals surface area (Å²) in [5.41, 5.74) is -0.343. The Kier molecular flexibility index (Phi) is 4.04. The van der Waals surface area contributed by atoms with Crippen molar-refractivity contribution >= 4 is 5.97 Å². The second kappa shape index (κ2) is 5.29. The quantitative estimate of drug-likeness (QED) is 0.737. The van der Waals surface area contributed by atoms with Crippen molar-refractivity contribution in [2.24, 2.45) is 0 Å². The number of carbonyl (C=O) groups is 1. The molecular weight excluding hydrogens is 212 g/mol. The Morgan fingerprint density at radius 2 is 2.19 bits per heavy atom. The summed E-state index contributed by atoms with van der Waals surface area (Å²) in [7, 11) is 0. The summed E-state index contributed by atoms with van der Waals surface area (Å²) in [6.07, 6.45) is 2.40. The van der Waals surface area contributed by atoms with Crippen LogP contribution in [0, 0.1) is 0 Å². The normalized spacial score (nSPS) is 10.3. The first-order valence-electron chi connectivity index (χ1n) is 5.09. The molecule has 88 valence electrons. The molecule has 0 aliphatic rings. The number of carboxylic acids is 1. The van der Waals surface area contributed by atoms with E-state index in [1.807, 2.05) is 6.92 Å². The van der Waals surface area contributed by atoms with Gasteiger partial charge in [-0.1, -0.05) is 6.92 Å². The molecule has 0 unspecified atom stereocenters. The van der Waals surface area contributed by atoms with E-state index in [0.29, 0.717) is 24.9 Å². The fourth-order valence-electron chi connectivity index (χ4n) is 1.37. The van der Waals surface area contributed by atoms with Crippen molar-refractivity contribution in [1.29, 1.82) is 0 Å². The molecule has 1 aromatic rings. The van der Waals surface area contributed by atoms with Gasteiger partial charge in [0.05, 0.1) is 0 Å². The lowest BCUT2D eigenvalue weighted by atomic mass is 10.2. The molecule has 0 aliphatic heterocycles. The van der Waals surface area contributed by atoms with Crippen LogP contribution < -0.4 is 11.2 Å². The van der Waals surface area contributed by atoms with Crippen LogP contribution in [-0.4, -0.2) is 20.6 Å². The molecule has 6 heteroatoms. The summed E-state index contributed by atoms with van der Waals surface area (Å²) < 4.78 is 1.34. The minimum absolute atomic E-state index is 0.00697. The van der Waals surface area contributed by atoms with Crippen molar-refractivity contribution in [2.45, 2.75) is 32.7 Å². The third-order valence-electron chi connectivity index (χ3n) is 2.26. The molecule has 0 aromatic carbocycles. The molecular formula is C10H14N2O4. The third kappa shape index (κ3) is 3.08. The minimum atomic E-state index is -0.895. The first kappa shape index (κ1) is 12.2. The van der Waals surface area contributed by atoms with Gasteiger partial charge in [-0.15, -0.1) is 0 Å². The zero-order valence-electron chi connectivity index (χ0n) is 9.02. The maximum absolute atomic E-state index is 11.3. The highest BCUT2D eigenvalue weighted by atomic mass is 16.4. The smallest absolute Gasteiger partial charge is 0.328 e. The van der Waals surface area contributed by atoms with Gasteiger partial charge < -0.3 is 9.67 Å². The van der Waals surface area contributed by atoms with Crippen molar-refractivity contribution in [3.05, 3.63) is 32.6 Å². The van der Waals surface area contributed by atoms with Crippen LogP contribution in [0.25, 0.3) is 0 Å². The number of rotatable bonds is 5. The number of aryl methyl sites for hydroxylation is 2. The number of aromatic amines is 1. The summed E-state index contributed by atoms with van der Waals surface area (Å²) >= 11 is 0. The van der Waals surface area contributed by atoms with Crippen molar-refractivity contribution in [3.63, 3.8) is 0 Å². The Labute approximate surface area is 91.5 Å². The van der Waals surface area contributed by atoms with E-state index in [1.54, 1.807) is 0 Å². The lowest BCUT2D eigenvalue weighted by molar-refractivity contribution is -0.137. The van der Waals surface area contributed by atoms with Crippen LogP contribution in [0.15, 0.2) is 15.8 Å². The first-order chi connectivity index (χ1) is 7.54. The molecule has 0 spiro atoms. The van der Waals surface area contributed by atoms with Gasteiger partial charge in [0, 0.05) is 24.7 Å². The van der Waals surface area contributed by atoms with Gasteiger partial charge in [-0.3, -0.25) is 14.6 Å². The molecule has 1 aromatic heterocycles. The highest BCUT2D eigenvalue weighted by Crippen LogP contribution is 1.94. The Morgan fingerprint density at radius 3 is 2.75 bits per heavy atom. The van der Waals surface area contributed by atoms with Gasteiger partial charge in [0.25, 0.3) is 5.56 Å². The van der Waals surface area contributed by atoms with E-state index in [0.717, 1.165) is 0 Å². The first-order valence-corrected chi connectivity index (χ1v) is 5.09. The summed E-state index contributed by atoms with van der Waals surface area (Å²) in [6, 6.07) is 0. The lowest BCUT2D eigenvalue weighted by Gasteiger charge is -2.05. The number of carboxylic acid groups (broad SMARTS) is 1. The standard InChI is InChI=1S/C10H14N2O4/c1-2-7-6-12(5-3-4-8(13)14)10(16)11-9(7)15/h6H,2-5H2,1H3,(H,13,14)(H,11,15,16). The number of H-pyrrole nitrogens is 1. The molecule has 16 heavy (non-hydrogen) atoms. The zero-order chi connectivity index (χ0) is 12.1. The number of hydrogen-bond acceptors (Lipinski definition) is 3. The van der Waals surface area contributed by atoms with Crippen molar-refractivity contribution in [2.75, 3.05) is 0 Å². The molecule has 0 saturated heterocycles. The van der Waals surface area contributed by atoms with Gasteiger partial charge in [0.1, 0.15) is 0 Å². The summed E-state index contributed by atoms with van der Waals surface area (Å²) in [5, 5.41) is 8.46. The van der Waals surface area contributed by atoms with Crippen LogP contribution in [0.5, 0.6) is 0 Å². The molecule has 6 nitrogen and oxygen atoms in total. The number of nitrogens with one attached hydrogen (secondary N) is 1. The number of aromatic nitrogens is 2. The SMILES string of the molecule is CCc1cn(CCCC(=O)O)c(=O)[nH]c1=O. The van der Waals surface area contributed by atoms with Crippen LogP contribution in [0.2, 0.25) is 0 Å². The molecule has 0 atom stereocenters. The maximum Gasteiger partial charge on any atom is 0.328 e. The molecule has 0 fully saturated rings. The molecule has 0 bridgehead atoms. The van der Waals surface area contributed by atoms with E-state index in [2.05, 4.69) is 4.98 Å². The van der Waals surface area contributed by atoms with Gasteiger partial charge in [-0.05, 0) is 12.8 Å². The monoisotopic (exact) mass is 226 g/mol. The minimum Gasteiger partial charge on any atom is -0.481 e. The third-order valence-corrected chi connectivity index (χ3v) is 2.26. The highest BCUT2D eigenvalue weighted by molar-refractivity contribution is 5.66. The van der Waals surface area contributed by atoms with E-state index in [4.69, 9.17) is 5.11 Å². The largest absolute Gasteiger partial charge is 0.481 e. The highest BCUT2D eigenvalue weighted by Gasteiger charge is 2.03. The van der Waals surface area contributed by atoms with Gasteiger partial charge >= 0.3 is 11.7 Å². The summed E-state index contributed by atoms with van der Waals surface area (Å²) in [5.74, 6) is -0.895. The fraction of sp³-hybridized carbons (Fsp3) is 0.500. The fourth-order valence-corrected chi connectivity index (χ4v) is 1.37. The van der Waals surface area contributed by atoms with E-state index in [-0.39, 0.29) is 12.0 Å². The van der Waals surface area contributed by atoms with Crippen LogP contribution >= 0.6 is 0 Å². The van der Waals surface area contributed by atoms with Gasteiger partial charge in [-0.2, -0.15) is 0 Å². The number of aliphatic carboxylic acids is 1. The Hall–Kier alpha value is -1.85. The van der Waals surface area contributed by atoms with Gasteiger partial charge in [-0.25, -0.2) is 4.79 Å². The van der Waals surface area contributed by atoms with E-state index < -0.39 is 11.7 Å². The molecule has 1 rings (SSSR count). The van der Waals surface area contributed by atoms with E-state index >= 15 is 0 Å². The molecule has 0 amide bonds. The van der Waals surface area contributed by atoms with Gasteiger partial charge in [0.15, 0.2) is 0 Å². The Morgan fingerprint density at radius 1 is 1.50 bits per heavy atom. The van der Waals surface area contributed by atoms with Crippen LogP contribution in [0.1, 0.15) is 25.3 Å². The van der Waals surface area contributed by atoms with E-state index in [9.17, 15) is 14.4 Å². The number of nitrogens with zero attached hydrogens (tertiary/aromatic N) is 1. The number of hydrogen-bond donors (Lipinski definition) is 2. The summed E-state index contributed by atoms with van der Waals surface area (Å²) in [4.78, 5) is 35.1. The predicted molar refractivity (Wildman–Crippen MR) is 57.6 cm³/mol. The van der Waals surface area contributed by atoms with Crippen LogP contribution in [0.4, 0.5) is 0 Å². The Bertz CT molecular complexity index is 486. The molecule has 0 saturated carbocycles. The average molecular weight is 226 g/mol. The molecule has 0 aliphatic carbocycles. The Balaban J connectivity index is 2.84. The molecule has 2 N–H and O–H groups in total. The van der Waals surface area contributed by atoms with Crippen molar-refractivity contribution in [3.8, 4) is 0 Å². The van der Waals surface area contributed by atoms with Gasteiger partial charge in [0.2, 0.25) is 0 Å². The topological polar surface area (TPSA) is 92.2 Å². The second-order valence-corrected chi connectivity index (χ2v) is 3.46. The van der Waals surface area contributed by atoms with Crippen LogP contribution in [-0.2, 0) is 17.8 Å². The van der Waals surface area contributed by atoms with E-state index in [1.165, 1.54) is 10.8 Å². The molecule has 1 heterocycles. The lowest BCUT2D eigenvalue weighted by Crippen LogP contribution is -2.31. The zero-order valence-corrected chi connectivity index (χ0v) is 9.02. The van der Waals surface area contributed by atoms with Crippen LogP contribution in [0.3, 0.4) is 0 Å². The van der Waals surface area contributed by atoms with Crippen molar-refractivity contribution < 1.29 is 9.90 Å². The molecule has 0 radical (unpaired) electrons. The second-order valence-electron chi connectivity index (χ2n) is 3.46.